The highest BCUT2D eigenvalue weighted by Gasteiger charge is 2.60. The second kappa shape index (κ2) is 8.77. The highest BCUT2D eigenvalue weighted by atomic mass is 16.3. The van der Waals surface area contributed by atoms with Crippen molar-refractivity contribution in [3.8, 4) is 6.07 Å². The van der Waals surface area contributed by atoms with Crippen LogP contribution in [0.1, 0.15) is 103 Å². The van der Waals surface area contributed by atoms with E-state index in [4.69, 9.17) is 5.26 Å². The minimum Gasteiger partial charge on any atom is -0.390 e. The van der Waals surface area contributed by atoms with Gasteiger partial charge in [-0.25, -0.2) is 0 Å². The van der Waals surface area contributed by atoms with Gasteiger partial charge in [-0.15, -0.1) is 0 Å². The molecule has 4 aliphatic rings. The van der Waals surface area contributed by atoms with Crippen LogP contribution < -0.4 is 0 Å². The van der Waals surface area contributed by atoms with Gasteiger partial charge in [0.2, 0.25) is 0 Å². The van der Waals surface area contributed by atoms with Gasteiger partial charge in [-0.05, 0) is 98.7 Å². The van der Waals surface area contributed by atoms with Crippen LogP contribution in [0.15, 0.2) is 12.4 Å². The van der Waals surface area contributed by atoms with E-state index < -0.39 is 5.60 Å². The summed E-state index contributed by atoms with van der Waals surface area (Å²) in [4.78, 5) is 13.6. The van der Waals surface area contributed by atoms with Crippen molar-refractivity contribution in [3.63, 3.8) is 0 Å². The Morgan fingerprint density at radius 2 is 1.91 bits per heavy atom. The normalized spacial score (nSPS) is 44.1. The predicted molar refractivity (Wildman–Crippen MR) is 132 cm³/mol. The zero-order valence-corrected chi connectivity index (χ0v) is 21.4. The van der Waals surface area contributed by atoms with Gasteiger partial charge in [0, 0.05) is 12.1 Å². The van der Waals surface area contributed by atoms with Crippen molar-refractivity contribution in [2.24, 2.45) is 40.4 Å². The fourth-order valence-corrected chi connectivity index (χ4v) is 9.44. The van der Waals surface area contributed by atoms with E-state index in [9.17, 15) is 9.90 Å². The fraction of sp³-hybridized carbons (Fsp3) is 0.828. The Morgan fingerprint density at radius 3 is 2.65 bits per heavy atom. The molecule has 186 valence electrons. The molecule has 0 unspecified atom stereocenters. The van der Waals surface area contributed by atoms with Gasteiger partial charge >= 0.3 is 0 Å². The van der Waals surface area contributed by atoms with Gasteiger partial charge in [0.25, 0.3) is 0 Å². The van der Waals surface area contributed by atoms with E-state index in [2.05, 4.69) is 31.9 Å². The number of nitrogens with zero attached hydrogens (tertiary/aromatic N) is 3. The van der Waals surface area contributed by atoms with E-state index in [0.717, 1.165) is 56.8 Å². The number of hydrogen-bond donors (Lipinski definition) is 1. The van der Waals surface area contributed by atoms with Crippen molar-refractivity contribution < 1.29 is 9.90 Å². The quantitative estimate of drug-likeness (QED) is 0.600. The van der Waals surface area contributed by atoms with E-state index in [1.54, 1.807) is 17.1 Å². The Balaban J connectivity index is 1.36. The molecule has 0 saturated heterocycles. The third-order valence-corrected chi connectivity index (χ3v) is 11.4. The summed E-state index contributed by atoms with van der Waals surface area (Å²) in [6, 6.07) is 2.11. The summed E-state index contributed by atoms with van der Waals surface area (Å²) in [6.45, 7) is 7.44. The molecule has 0 aromatic carbocycles. The molecule has 4 saturated carbocycles. The molecule has 1 heterocycles. The maximum absolute atomic E-state index is 13.6. The van der Waals surface area contributed by atoms with Gasteiger partial charge in [0.05, 0.1) is 23.9 Å². The Hall–Kier alpha value is -1.67. The van der Waals surface area contributed by atoms with Crippen LogP contribution in [0.25, 0.3) is 0 Å². The third kappa shape index (κ3) is 3.85. The minimum absolute atomic E-state index is 0.0831. The Kier molecular flexibility index (Phi) is 6.20. The topological polar surface area (TPSA) is 78.9 Å². The van der Waals surface area contributed by atoms with Gasteiger partial charge in [-0.2, -0.15) is 10.4 Å². The molecule has 0 spiro atoms. The fourth-order valence-electron chi connectivity index (χ4n) is 9.44. The number of carbonyl (C=O) groups is 1. The molecule has 1 N–H and O–H groups in total. The van der Waals surface area contributed by atoms with Gasteiger partial charge in [0.1, 0.15) is 6.07 Å². The molecule has 0 amide bonds. The molecule has 1 aromatic heterocycles. The van der Waals surface area contributed by atoms with Crippen molar-refractivity contribution in [3.05, 3.63) is 18.0 Å². The summed E-state index contributed by atoms with van der Waals surface area (Å²) in [5.74, 6) is 3.14. The van der Waals surface area contributed by atoms with Crippen molar-refractivity contribution in [1.82, 2.24) is 9.78 Å². The summed E-state index contributed by atoms with van der Waals surface area (Å²) in [7, 11) is 0. The van der Waals surface area contributed by atoms with Crippen LogP contribution in [0, 0.1) is 51.8 Å². The lowest BCUT2D eigenvalue weighted by Gasteiger charge is -2.62. The number of carbonyl (C=O) groups excluding carboxylic acids is 1. The SMILES string of the molecule is CC[C@@]1(O)CCC[C@@]2(C)[C@@H](CC[C@@H]3[C@@H]2CC[C@]2(C)[C@@H](C(=O)Cn4cc(C#N)cn4)CCC[C@@H]32)C1. The molecule has 1 aromatic rings. The van der Waals surface area contributed by atoms with Crippen LogP contribution in [-0.4, -0.2) is 26.3 Å². The molecule has 5 rings (SSSR count). The van der Waals surface area contributed by atoms with Crippen LogP contribution in [0.2, 0.25) is 0 Å². The molecule has 0 aliphatic heterocycles. The minimum atomic E-state index is -0.460. The first-order valence-corrected chi connectivity index (χ1v) is 13.9. The molecule has 0 bridgehead atoms. The Labute approximate surface area is 205 Å². The number of nitriles is 1. The number of aliphatic hydroxyl groups is 1. The summed E-state index contributed by atoms with van der Waals surface area (Å²) >= 11 is 0. The van der Waals surface area contributed by atoms with Crippen LogP contribution in [0.5, 0.6) is 0 Å². The number of rotatable bonds is 4. The van der Waals surface area contributed by atoms with E-state index in [-0.39, 0.29) is 17.9 Å². The summed E-state index contributed by atoms with van der Waals surface area (Å²) < 4.78 is 1.66. The lowest BCUT2D eigenvalue weighted by atomic mass is 9.42. The number of ketones is 1. The second-order valence-corrected chi connectivity index (χ2v) is 12.8. The number of fused-ring (bicyclic) bond motifs is 5. The van der Waals surface area contributed by atoms with E-state index in [1.807, 2.05) is 0 Å². The van der Waals surface area contributed by atoms with E-state index >= 15 is 0 Å². The molecular formula is C29H43N3O2. The van der Waals surface area contributed by atoms with Crippen molar-refractivity contribution >= 4 is 5.78 Å². The largest absolute Gasteiger partial charge is 0.390 e. The lowest BCUT2D eigenvalue weighted by molar-refractivity contribution is -0.154. The monoisotopic (exact) mass is 465 g/mol. The van der Waals surface area contributed by atoms with Crippen molar-refractivity contribution in [2.45, 2.75) is 110 Å². The molecule has 8 atom stereocenters. The summed E-state index contributed by atoms with van der Waals surface area (Å²) in [6.07, 6.45) is 16.8. The highest BCUT2D eigenvalue weighted by Crippen LogP contribution is 2.66. The predicted octanol–water partition coefficient (Wildman–Crippen LogP) is 5.90. The third-order valence-electron chi connectivity index (χ3n) is 11.4. The summed E-state index contributed by atoms with van der Waals surface area (Å²) in [5, 5.41) is 24.6. The number of hydrogen-bond acceptors (Lipinski definition) is 4. The molecule has 34 heavy (non-hydrogen) atoms. The molecule has 5 nitrogen and oxygen atoms in total. The number of aromatic nitrogens is 2. The average Bonchev–Trinajstić information content (AvgIpc) is 3.21. The van der Waals surface area contributed by atoms with Gasteiger partial charge < -0.3 is 5.11 Å². The average molecular weight is 466 g/mol. The van der Waals surface area contributed by atoms with E-state index in [1.165, 1.54) is 32.1 Å². The first kappa shape index (κ1) is 24.0. The Morgan fingerprint density at radius 1 is 1.12 bits per heavy atom. The highest BCUT2D eigenvalue weighted by molar-refractivity contribution is 5.81. The molecular weight excluding hydrogens is 422 g/mol. The number of Topliss-reactive ketones (excluding diaryl/α,β-unsaturated/α-hetero) is 1. The summed E-state index contributed by atoms with van der Waals surface area (Å²) in [5.41, 5.74) is 0.478. The second-order valence-electron chi connectivity index (χ2n) is 12.8. The van der Waals surface area contributed by atoms with Crippen LogP contribution in [-0.2, 0) is 11.3 Å². The van der Waals surface area contributed by atoms with Crippen molar-refractivity contribution in [2.75, 3.05) is 0 Å². The zero-order valence-electron chi connectivity index (χ0n) is 21.4. The smallest absolute Gasteiger partial charge is 0.157 e. The van der Waals surface area contributed by atoms with Crippen molar-refractivity contribution in [1.29, 1.82) is 5.26 Å². The van der Waals surface area contributed by atoms with Gasteiger partial charge in [0.15, 0.2) is 5.78 Å². The first-order valence-electron chi connectivity index (χ1n) is 13.9. The first-order chi connectivity index (χ1) is 16.2. The lowest BCUT2D eigenvalue weighted by Crippen LogP contribution is -2.56. The van der Waals surface area contributed by atoms with E-state index in [0.29, 0.717) is 28.6 Å². The van der Waals surface area contributed by atoms with Gasteiger partial charge in [-0.3, -0.25) is 9.48 Å². The maximum atomic E-state index is 13.6. The standard InChI is InChI=1S/C29H43N3O2/c1-4-29(34)13-6-12-27(2)21(15-29)9-10-22-23-7-5-8-25(28(23,3)14-11-24(22)27)26(33)19-32-18-20(16-30)17-31-32/h17-18,21-25,34H,4-15,19H2,1-3H3/t21-,22-,23-,24-,25+,27-,28-,29+/m0/s1. The molecule has 4 aliphatic carbocycles. The molecule has 4 fully saturated rings. The van der Waals surface area contributed by atoms with Crippen LogP contribution in [0.4, 0.5) is 0 Å². The molecule has 0 radical (unpaired) electrons. The van der Waals surface area contributed by atoms with Crippen LogP contribution in [0.3, 0.4) is 0 Å². The zero-order chi connectivity index (χ0) is 24.1. The van der Waals surface area contributed by atoms with Gasteiger partial charge in [-0.1, -0.05) is 33.6 Å². The Bertz CT molecular complexity index is 965. The molecule has 5 heteroatoms. The van der Waals surface area contributed by atoms with Crippen LogP contribution >= 0.6 is 0 Å². The maximum Gasteiger partial charge on any atom is 0.157 e.